The first-order valence-corrected chi connectivity index (χ1v) is 9.06. The fraction of sp³-hybridized carbons (Fsp3) is 0.684. The summed E-state index contributed by atoms with van der Waals surface area (Å²) in [5.74, 6) is -1.26. The predicted molar refractivity (Wildman–Crippen MR) is 103 cm³/mol. The first-order valence-electron chi connectivity index (χ1n) is 9.06. The van der Waals surface area contributed by atoms with Gasteiger partial charge in [-0.15, -0.1) is 0 Å². The molecule has 0 saturated heterocycles. The van der Waals surface area contributed by atoms with Gasteiger partial charge in [-0.05, 0) is 25.7 Å². The molecule has 1 atom stereocenters. The van der Waals surface area contributed by atoms with Gasteiger partial charge in [-0.25, -0.2) is 9.59 Å². The standard InChI is InChI=1S/C9H14O2.C7H16O5.C3H4O2/c1-2-9(10)11-8-6-4-3-5-7-8;1-10-7(9)6-12-5-4-11-3-2-8;1-2-3(4)5/h2,8H,1,3-7H2;7-9H,2-6H2,1H3;2H,1H2,(H,4,5). The molecule has 1 rings (SSSR count). The summed E-state index contributed by atoms with van der Waals surface area (Å²) in [5, 5.41) is 24.8. The van der Waals surface area contributed by atoms with E-state index in [1.165, 1.54) is 32.4 Å². The molecule has 0 amide bonds. The van der Waals surface area contributed by atoms with Gasteiger partial charge in [0.1, 0.15) is 6.10 Å². The highest BCUT2D eigenvalue weighted by Gasteiger charge is 2.15. The fourth-order valence-electron chi connectivity index (χ4n) is 1.93. The summed E-state index contributed by atoms with van der Waals surface area (Å²) >= 11 is 0. The van der Waals surface area contributed by atoms with Crippen molar-refractivity contribution < 1.29 is 43.9 Å². The monoisotopic (exact) mass is 406 g/mol. The first-order chi connectivity index (χ1) is 13.4. The van der Waals surface area contributed by atoms with Crippen LogP contribution in [0.3, 0.4) is 0 Å². The van der Waals surface area contributed by atoms with Crippen molar-refractivity contribution in [2.75, 3.05) is 40.1 Å². The van der Waals surface area contributed by atoms with Crippen molar-refractivity contribution in [3.63, 3.8) is 0 Å². The molecule has 1 aliphatic carbocycles. The van der Waals surface area contributed by atoms with E-state index in [1.54, 1.807) is 0 Å². The molecule has 1 aliphatic rings. The third kappa shape index (κ3) is 22.3. The van der Waals surface area contributed by atoms with Gasteiger partial charge in [-0.1, -0.05) is 19.6 Å². The van der Waals surface area contributed by atoms with Crippen molar-refractivity contribution >= 4 is 11.9 Å². The average molecular weight is 406 g/mol. The Morgan fingerprint density at radius 3 is 2.11 bits per heavy atom. The molecule has 0 heterocycles. The molecule has 1 fully saturated rings. The van der Waals surface area contributed by atoms with E-state index >= 15 is 0 Å². The normalized spacial score (nSPS) is 14.4. The van der Waals surface area contributed by atoms with Crippen LogP contribution in [0.4, 0.5) is 0 Å². The van der Waals surface area contributed by atoms with E-state index in [0.717, 1.165) is 18.9 Å². The van der Waals surface area contributed by atoms with E-state index in [1.807, 2.05) is 0 Å². The minimum Gasteiger partial charge on any atom is -0.478 e. The van der Waals surface area contributed by atoms with Crippen LogP contribution in [-0.2, 0) is 28.5 Å². The minimum absolute atomic E-state index is 0.0146. The number of carboxylic acids is 1. The molecule has 1 unspecified atom stereocenters. The Bertz CT molecular complexity index is 406. The van der Waals surface area contributed by atoms with Crippen molar-refractivity contribution in [3.8, 4) is 0 Å². The zero-order valence-electron chi connectivity index (χ0n) is 16.6. The van der Waals surface area contributed by atoms with Gasteiger partial charge in [0, 0.05) is 19.3 Å². The Kier molecular flexibility index (Phi) is 21.8. The highest BCUT2D eigenvalue weighted by atomic mass is 16.6. The number of rotatable bonds is 11. The molecule has 0 aromatic heterocycles. The van der Waals surface area contributed by atoms with Crippen LogP contribution in [0.15, 0.2) is 25.3 Å². The smallest absolute Gasteiger partial charge is 0.330 e. The van der Waals surface area contributed by atoms with Crippen LogP contribution < -0.4 is 0 Å². The molecule has 1 saturated carbocycles. The zero-order valence-corrected chi connectivity index (χ0v) is 16.6. The van der Waals surface area contributed by atoms with E-state index in [0.29, 0.717) is 19.8 Å². The first kappa shape index (κ1) is 28.4. The maximum Gasteiger partial charge on any atom is 0.330 e. The summed E-state index contributed by atoms with van der Waals surface area (Å²) in [7, 11) is 1.40. The molecular formula is C19H34O9. The minimum atomic E-state index is -0.981. The maximum atomic E-state index is 10.7. The number of aliphatic carboxylic acids is 1. The van der Waals surface area contributed by atoms with E-state index in [-0.39, 0.29) is 25.3 Å². The lowest BCUT2D eigenvalue weighted by atomic mass is 9.98. The zero-order chi connectivity index (χ0) is 21.6. The van der Waals surface area contributed by atoms with Crippen molar-refractivity contribution in [3.05, 3.63) is 25.3 Å². The SMILES string of the molecule is C=CC(=O)O.C=CC(=O)OC1CCCCC1.COC(O)COCCOCCO. The summed E-state index contributed by atoms with van der Waals surface area (Å²) in [6, 6.07) is 0. The quantitative estimate of drug-likeness (QED) is 0.201. The number of carbonyl (C=O) groups is 2. The Morgan fingerprint density at radius 1 is 1.07 bits per heavy atom. The van der Waals surface area contributed by atoms with E-state index in [4.69, 9.17) is 29.5 Å². The maximum absolute atomic E-state index is 10.7. The molecule has 0 bridgehead atoms. The summed E-state index contributed by atoms with van der Waals surface area (Å²) in [5.41, 5.74) is 0. The van der Waals surface area contributed by atoms with Gasteiger partial charge in [0.2, 0.25) is 0 Å². The lowest BCUT2D eigenvalue weighted by Gasteiger charge is -2.20. The number of carboxylic acid groups (broad SMARTS) is 1. The summed E-state index contributed by atoms with van der Waals surface area (Å²) in [6.07, 6.45) is 7.07. The third-order valence-corrected chi connectivity index (χ3v) is 3.32. The number of hydrogen-bond donors (Lipinski definition) is 3. The van der Waals surface area contributed by atoms with Crippen LogP contribution in [0.2, 0.25) is 0 Å². The molecule has 9 nitrogen and oxygen atoms in total. The summed E-state index contributed by atoms with van der Waals surface area (Å²) < 4.78 is 19.5. The van der Waals surface area contributed by atoms with Gasteiger partial charge in [-0.3, -0.25) is 0 Å². The second-order valence-electron chi connectivity index (χ2n) is 5.54. The molecule has 9 heteroatoms. The predicted octanol–water partition coefficient (Wildman–Crippen LogP) is 1.28. The number of ether oxygens (including phenoxy) is 4. The van der Waals surface area contributed by atoms with E-state index < -0.39 is 12.3 Å². The van der Waals surface area contributed by atoms with Gasteiger partial charge in [-0.2, -0.15) is 0 Å². The molecule has 0 aromatic rings. The van der Waals surface area contributed by atoms with E-state index in [2.05, 4.69) is 17.9 Å². The lowest BCUT2D eigenvalue weighted by Crippen LogP contribution is -2.19. The molecule has 3 N–H and O–H groups in total. The number of esters is 1. The second kappa shape index (κ2) is 21.5. The topological polar surface area (TPSA) is 132 Å². The highest BCUT2D eigenvalue weighted by Crippen LogP contribution is 2.20. The summed E-state index contributed by atoms with van der Waals surface area (Å²) in [6.45, 7) is 7.58. The van der Waals surface area contributed by atoms with Gasteiger partial charge in [0.15, 0.2) is 6.29 Å². The average Bonchev–Trinajstić information content (AvgIpc) is 2.71. The largest absolute Gasteiger partial charge is 0.478 e. The number of hydrogen-bond acceptors (Lipinski definition) is 8. The number of carbonyl (C=O) groups excluding carboxylic acids is 1. The van der Waals surface area contributed by atoms with Crippen LogP contribution >= 0.6 is 0 Å². The van der Waals surface area contributed by atoms with Gasteiger partial charge < -0.3 is 34.3 Å². The number of aliphatic hydroxyl groups excluding tert-OH is 2. The van der Waals surface area contributed by atoms with Crippen molar-refractivity contribution in [1.29, 1.82) is 0 Å². The fourth-order valence-corrected chi connectivity index (χ4v) is 1.93. The summed E-state index contributed by atoms with van der Waals surface area (Å²) in [4.78, 5) is 20.0. The van der Waals surface area contributed by atoms with Crippen LogP contribution in [-0.4, -0.2) is 79.8 Å². The van der Waals surface area contributed by atoms with Crippen LogP contribution in [0.25, 0.3) is 0 Å². The molecule has 0 spiro atoms. The Hall–Kier alpha value is -1.78. The van der Waals surface area contributed by atoms with Crippen molar-refractivity contribution in [2.24, 2.45) is 0 Å². The molecule has 28 heavy (non-hydrogen) atoms. The van der Waals surface area contributed by atoms with E-state index in [9.17, 15) is 9.59 Å². The van der Waals surface area contributed by atoms with Gasteiger partial charge in [0.25, 0.3) is 0 Å². The van der Waals surface area contributed by atoms with Crippen molar-refractivity contribution in [2.45, 2.75) is 44.5 Å². The molecule has 164 valence electrons. The second-order valence-corrected chi connectivity index (χ2v) is 5.54. The number of methoxy groups -OCH3 is 1. The van der Waals surface area contributed by atoms with Gasteiger partial charge >= 0.3 is 11.9 Å². The third-order valence-electron chi connectivity index (χ3n) is 3.32. The Labute approximate surface area is 166 Å². The Morgan fingerprint density at radius 2 is 1.64 bits per heavy atom. The highest BCUT2D eigenvalue weighted by molar-refractivity contribution is 5.81. The van der Waals surface area contributed by atoms with Crippen LogP contribution in [0.5, 0.6) is 0 Å². The molecule has 0 aromatic carbocycles. The van der Waals surface area contributed by atoms with Crippen molar-refractivity contribution in [1.82, 2.24) is 0 Å². The molecule has 0 aliphatic heterocycles. The van der Waals surface area contributed by atoms with Gasteiger partial charge in [0.05, 0.1) is 33.0 Å². The van der Waals surface area contributed by atoms with Crippen LogP contribution in [0, 0.1) is 0 Å². The number of aliphatic hydroxyl groups is 2. The lowest BCUT2D eigenvalue weighted by molar-refractivity contribution is -0.144. The Balaban J connectivity index is 0. The molecular weight excluding hydrogens is 372 g/mol. The van der Waals surface area contributed by atoms with Crippen LogP contribution in [0.1, 0.15) is 32.1 Å². The molecule has 0 radical (unpaired) electrons.